The van der Waals surface area contributed by atoms with Crippen molar-refractivity contribution in [2.24, 2.45) is 5.10 Å². The highest BCUT2D eigenvalue weighted by molar-refractivity contribution is 6.02. The Hall–Kier alpha value is -3.34. The van der Waals surface area contributed by atoms with Gasteiger partial charge < -0.3 is 0 Å². The van der Waals surface area contributed by atoms with Crippen molar-refractivity contribution in [3.05, 3.63) is 90.8 Å². The van der Waals surface area contributed by atoms with E-state index in [0.717, 1.165) is 22.8 Å². The van der Waals surface area contributed by atoms with Crippen molar-refractivity contribution in [1.29, 1.82) is 0 Å². The first-order chi connectivity index (χ1) is 11.4. The maximum Gasteiger partial charge on any atom is 0.176 e. The Morgan fingerprint density at radius 2 is 1.30 bits per heavy atom. The molecule has 5 heteroatoms. The highest BCUT2D eigenvalue weighted by Gasteiger charge is 2.25. The lowest BCUT2D eigenvalue weighted by atomic mass is 10.2. The minimum atomic E-state index is 0.778. The van der Waals surface area contributed by atoms with Crippen LogP contribution in [0.25, 0.3) is 0 Å². The third-order valence-corrected chi connectivity index (χ3v) is 3.54. The Kier molecular flexibility index (Phi) is 3.37. The smallest absolute Gasteiger partial charge is 0.176 e. The quantitative estimate of drug-likeness (QED) is 0.807. The first kappa shape index (κ1) is 13.3. The average molecular weight is 301 g/mol. The van der Waals surface area contributed by atoms with Gasteiger partial charge in [0.2, 0.25) is 0 Å². The van der Waals surface area contributed by atoms with Gasteiger partial charge in [0.1, 0.15) is 0 Å². The van der Waals surface area contributed by atoms with Gasteiger partial charge in [-0.3, -0.25) is 10.4 Å². The average Bonchev–Trinajstić information content (AvgIpc) is 3.09. The van der Waals surface area contributed by atoms with Crippen LogP contribution in [0.4, 0.5) is 11.4 Å². The lowest BCUT2D eigenvalue weighted by molar-refractivity contribution is 0.771. The zero-order valence-corrected chi connectivity index (χ0v) is 12.4. The first-order valence-electron chi connectivity index (χ1n) is 7.38. The monoisotopic (exact) mass is 301 g/mol. The summed E-state index contributed by atoms with van der Waals surface area (Å²) in [5, 5.41) is 8.50. The van der Waals surface area contributed by atoms with Crippen LogP contribution in [0.15, 0.2) is 90.3 Å². The molecule has 0 amide bonds. The van der Waals surface area contributed by atoms with E-state index < -0.39 is 0 Å². The van der Waals surface area contributed by atoms with Gasteiger partial charge in [-0.15, -0.1) is 5.10 Å². The third-order valence-electron chi connectivity index (χ3n) is 3.54. The summed E-state index contributed by atoms with van der Waals surface area (Å²) >= 11 is 0. The van der Waals surface area contributed by atoms with Crippen molar-refractivity contribution in [3.8, 4) is 0 Å². The fourth-order valence-corrected chi connectivity index (χ4v) is 2.42. The minimum Gasteiger partial charge on any atom is -0.265 e. The van der Waals surface area contributed by atoms with Gasteiger partial charge in [0.15, 0.2) is 5.84 Å². The summed E-state index contributed by atoms with van der Waals surface area (Å²) in [5.74, 6) is 0.778. The molecule has 3 aromatic rings. The number of rotatable bonds is 3. The number of benzene rings is 2. The van der Waals surface area contributed by atoms with Crippen molar-refractivity contribution in [3.63, 3.8) is 0 Å². The van der Waals surface area contributed by atoms with Gasteiger partial charge in [-0.2, -0.15) is 10.2 Å². The molecule has 0 unspecified atom stereocenters. The van der Waals surface area contributed by atoms with E-state index in [9.17, 15) is 0 Å². The van der Waals surface area contributed by atoms with Crippen LogP contribution in [-0.2, 0) is 0 Å². The Bertz CT molecular complexity index is 803. The number of pyridine rings is 1. The summed E-state index contributed by atoms with van der Waals surface area (Å²) in [6.07, 6.45) is 3.52. The maximum atomic E-state index is 4.72. The molecule has 1 aliphatic rings. The van der Waals surface area contributed by atoms with Crippen LogP contribution in [0.3, 0.4) is 0 Å². The number of aromatic nitrogens is 1. The lowest BCUT2D eigenvalue weighted by Crippen LogP contribution is -2.44. The summed E-state index contributed by atoms with van der Waals surface area (Å²) in [4.78, 5) is 4.06. The molecule has 0 radical (unpaired) electrons. The van der Waals surface area contributed by atoms with Crippen LogP contribution in [0.1, 0.15) is 5.56 Å². The van der Waals surface area contributed by atoms with Crippen LogP contribution in [-0.4, -0.2) is 10.8 Å². The standard InChI is InChI=1S/C18H15N5/c1-3-7-16(8-4-1)22-20-18(15-11-13-19-14-12-15)21-23(22)17-9-5-2-6-10-17/h1-14H,(H,20,21). The van der Waals surface area contributed by atoms with Crippen LogP contribution in [0.2, 0.25) is 0 Å². The van der Waals surface area contributed by atoms with Crippen LogP contribution in [0.5, 0.6) is 0 Å². The highest BCUT2D eigenvalue weighted by atomic mass is 15.9. The summed E-state index contributed by atoms with van der Waals surface area (Å²) in [7, 11) is 0. The number of hydrazone groups is 1. The van der Waals surface area contributed by atoms with Gasteiger partial charge >= 0.3 is 0 Å². The number of nitrogens with one attached hydrogen (secondary N) is 1. The summed E-state index contributed by atoms with van der Waals surface area (Å²) in [6, 6.07) is 24.0. The molecular formula is C18H15N5. The van der Waals surface area contributed by atoms with Crippen molar-refractivity contribution in [2.45, 2.75) is 0 Å². The van der Waals surface area contributed by atoms with Crippen LogP contribution < -0.4 is 15.7 Å². The largest absolute Gasteiger partial charge is 0.265 e. The normalized spacial score (nSPS) is 13.7. The number of amidine groups is 1. The molecule has 4 rings (SSSR count). The molecule has 5 nitrogen and oxygen atoms in total. The third kappa shape index (κ3) is 2.60. The molecular weight excluding hydrogens is 286 g/mol. The van der Waals surface area contributed by atoms with Crippen LogP contribution in [0, 0.1) is 0 Å². The molecule has 2 heterocycles. The zero-order chi connectivity index (χ0) is 15.5. The molecule has 1 aliphatic heterocycles. The Balaban J connectivity index is 1.75. The van der Waals surface area contributed by atoms with Crippen molar-refractivity contribution in [2.75, 3.05) is 10.2 Å². The molecule has 1 aromatic heterocycles. The molecule has 0 aliphatic carbocycles. The van der Waals surface area contributed by atoms with E-state index in [-0.39, 0.29) is 0 Å². The fourth-order valence-electron chi connectivity index (χ4n) is 2.42. The highest BCUT2D eigenvalue weighted by Crippen LogP contribution is 2.25. The zero-order valence-electron chi connectivity index (χ0n) is 12.4. The second-order valence-electron chi connectivity index (χ2n) is 5.07. The fraction of sp³-hybridized carbons (Fsp3) is 0. The summed E-state index contributed by atoms with van der Waals surface area (Å²) in [5.41, 5.74) is 6.32. The van der Waals surface area contributed by atoms with Gasteiger partial charge in [0.05, 0.1) is 11.4 Å². The van der Waals surface area contributed by atoms with E-state index >= 15 is 0 Å². The van der Waals surface area contributed by atoms with Crippen molar-refractivity contribution >= 4 is 17.2 Å². The molecule has 2 aromatic carbocycles. The van der Waals surface area contributed by atoms with Crippen molar-refractivity contribution in [1.82, 2.24) is 10.4 Å². The number of nitrogens with zero attached hydrogens (tertiary/aromatic N) is 4. The van der Waals surface area contributed by atoms with Gasteiger partial charge in [-0.1, -0.05) is 36.4 Å². The Morgan fingerprint density at radius 3 is 1.96 bits per heavy atom. The molecule has 1 N–H and O–H groups in total. The predicted octanol–water partition coefficient (Wildman–Crippen LogP) is 3.19. The molecule has 0 saturated carbocycles. The Morgan fingerprint density at radius 1 is 0.696 bits per heavy atom. The molecule has 0 saturated heterocycles. The SMILES string of the molecule is c1ccc(N2N=C(c3ccncc3)NN2c2ccccc2)cc1. The number of hydrogen-bond donors (Lipinski definition) is 1. The molecule has 112 valence electrons. The summed E-state index contributed by atoms with van der Waals surface area (Å²) < 4.78 is 0. The molecule has 23 heavy (non-hydrogen) atoms. The Labute approximate surface area is 134 Å². The minimum absolute atomic E-state index is 0.778. The molecule has 0 fully saturated rings. The maximum absolute atomic E-state index is 4.72. The predicted molar refractivity (Wildman–Crippen MR) is 91.8 cm³/mol. The number of para-hydroxylation sites is 2. The summed E-state index contributed by atoms with van der Waals surface area (Å²) in [6.45, 7) is 0. The van der Waals surface area contributed by atoms with E-state index in [2.05, 4.69) is 10.4 Å². The van der Waals surface area contributed by atoms with Gasteiger partial charge in [-0.05, 0) is 36.4 Å². The van der Waals surface area contributed by atoms with E-state index in [0.29, 0.717) is 0 Å². The second-order valence-corrected chi connectivity index (χ2v) is 5.07. The van der Waals surface area contributed by atoms with Crippen molar-refractivity contribution < 1.29 is 0 Å². The molecule has 0 atom stereocenters. The first-order valence-corrected chi connectivity index (χ1v) is 7.38. The molecule has 0 bridgehead atoms. The van der Waals surface area contributed by atoms with Gasteiger partial charge in [0, 0.05) is 18.0 Å². The lowest BCUT2D eigenvalue weighted by Gasteiger charge is -2.27. The van der Waals surface area contributed by atoms with Gasteiger partial charge in [-0.25, -0.2) is 0 Å². The second kappa shape index (κ2) is 5.81. The number of hydrogen-bond acceptors (Lipinski definition) is 5. The topological polar surface area (TPSA) is 43.8 Å². The van der Waals surface area contributed by atoms with E-state index in [1.165, 1.54) is 0 Å². The van der Waals surface area contributed by atoms with E-state index in [1.807, 2.05) is 83.0 Å². The van der Waals surface area contributed by atoms with Gasteiger partial charge in [0.25, 0.3) is 0 Å². The molecule has 0 spiro atoms. The van der Waals surface area contributed by atoms with E-state index in [4.69, 9.17) is 5.10 Å². The van der Waals surface area contributed by atoms with Crippen LogP contribution >= 0.6 is 0 Å². The number of anilines is 2. The van der Waals surface area contributed by atoms with E-state index in [1.54, 1.807) is 12.4 Å². The number of hydrazine groups is 2.